The molecule has 3 N–H and O–H groups in total. The van der Waals surface area contributed by atoms with Gasteiger partial charge in [0.25, 0.3) is 0 Å². The van der Waals surface area contributed by atoms with Gasteiger partial charge >= 0.3 is 6.03 Å². The first-order valence-corrected chi connectivity index (χ1v) is 6.84. The number of aliphatic hydroxyl groups is 1. The monoisotopic (exact) mass is 282 g/mol. The van der Waals surface area contributed by atoms with Crippen LogP contribution in [-0.2, 0) is 0 Å². The second-order valence-electron chi connectivity index (χ2n) is 5.25. The molecule has 0 bridgehead atoms. The Labute approximate surface area is 118 Å². The lowest BCUT2D eigenvalue weighted by Crippen LogP contribution is -2.34. The fraction of sp³-hybridized carbons (Fsp3) is 0.500. The normalized spacial score (nSPS) is 15.9. The van der Waals surface area contributed by atoms with Gasteiger partial charge in [0.05, 0.1) is 0 Å². The topological polar surface area (TPSA) is 61.4 Å². The zero-order valence-electron chi connectivity index (χ0n) is 11.0. The Morgan fingerprint density at radius 1 is 1.47 bits per heavy atom. The molecule has 0 unspecified atom stereocenters. The predicted molar refractivity (Wildman–Crippen MR) is 76.6 cm³/mol. The molecule has 1 fully saturated rings. The number of carbonyl (C=O) groups is 1. The van der Waals surface area contributed by atoms with Crippen LogP contribution in [0.1, 0.15) is 24.8 Å². The van der Waals surface area contributed by atoms with Gasteiger partial charge in [0.1, 0.15) is 0 Å². The smallest absolute Gasteiger partial charge is 0.319 e. The molecule has 0 spiro atoms. The fourth-order valence-corrected chi connectivity index (χ4v) is 2.22. The van der Waals surface area contributed by atoms with E-state index in [1.165, 1.54) is 0 Å². The molecule has 1 aliphatic carbocycles. The van der Waals surface area contributed by atoms with Gasteiger partial charge in [-0.1, -0.05) is 17.7 Å². The first-order valence-electron chi connectivity index (χ1n) is 6.47. The third kappa shape index (κ3) is 3.85. The van der Waals surface area contributed by atoms with Crippen molar-refractivity contribution in [1.29, 1.82) is 0 Å². The summed E-state index contributed by atoms with van der Waals surface area (Å²) >= 11 is 6.00. The average Bonchev–Trinajstić information content (AvgIpc) is 3.12. The molecule has 19 heavy (non-hydrogen) atoms. The van der Waals surface area contributed by atoms with Crippen molar-refractivity contribution in [1.82, 2.24) is 5.32 Å². The second-order valence-corrected chi connectivity index (χ2v) is 5.65. The highest BCUT2D eigenvalue weighted by Crippen LogP contribution is 2.47. The van der Waals surface area contributed by atoms with Crippen LogP contribution in [0.15, 0.2) is 18.2 Å². The predicted octanol–water partition coefficient (Wildman–Crippen LogP) is 2.93. The lowest BCUT2D eigenvalue weighted by Gasteiger charge is -2.15. The van der Waals surface area contributed by atoms with E-state index in [9.17, 15) is 4.79 Å². The van der Waals surface area contributed by atoms with Crippen molar-refractivity contribution in [2.75, 3.05) is 18.5 Å². The van der Waals surface area contributed by atoms with Crippen molar-refractivity contribution in [3.8, 4) is 0 Å². The quantitative estimate of drug-likeness (QED) is 0.777. The van der Waals surface area contributed by atoms with E-state index in [1.54, 1.807) is 6.07 Å². The molecule has 0 heterocycles. The maximum Gasteiger partial charge on any atom is 0.319 e. The van der Waals surface area contributed by atoms with Crippen LogP contribution in [0.4, 0.5) is 10.5 Å². The molecule has 0 aromatic heterocycles. The number of nitrogens with one attached hydrogen (secondary N) is 2. The summed E-state index contributed by atoms with van der Waals surface area (Å²) in [4.78, 5) is 11.8. The number of anilines is 1. The molecule has 104 valence electrons. The van der Waals surface area contributed by atoms with Crippen LogP contribution in [-0.4, -0.2) is 24.3 Å². The molecular weight excluding hydrogens is 264 g/mol. The fourth-order valence-electron chi connectivity index (χ4n) is 2.04. The van der Waals surface area contributed by atoms with E-state index in [4.69, 9.17) is 16.7 Å². The van der Waals surface area contributed by atoms with E-state index in [-0.39, 0.29) is 18.1 Å². The Bertz CT molecular complexity index is 473. The molecule has 2 rings (SSSR count). The molecule has 1 aromatic carbocycles. The molecule has 0 saturated heterocycles. The third-order valence-electron chi connectivity index (χ3n) is 3.65. The molecule has 0 aliphatic heterocycles. The average molecular weight is 283 g/mol. The summed E-state index contributed by atoms with van der Waals surface area (Å²) < 4.78 is 0. The first-order chi connectivity index (χ1) is 9.04. The maximum absolute atomic E-state index is 11.8. The van der Waals surface area contributed by atoms with Crippen LogP contribution in [0.25, 0.3) is 0 Å². The number of aliphatic hydroxyl groups excluding tert-OH is 1. The van der Waals surface area contributed by atoms with Gasteiger partial charge in [-0.3, -0.25) is 0 Å². The van der Waals surface area contributed by atoms with Gasteiger partial charge in [-0.25, -0.2) is 4.79 Å². The van der Waals surface area contributed by atoms with Crippen LogP contribution in [0.3, 0.4) is 0 Å². The number of hydrogen-bond acceptors (Lipinski definition) is 2. The number of urea groups is 1. The summed E-state index contributed by atoms with van der Waals surface area (Å²) in [6.07, 6.45) is 2.90. The number of rotatable bonds is 5. The largest absolute Gasteiger partial charge is 0.396 e. The summed E-state index contributed by atoms with van der Waals surface area (Å²) in [7, 11) is 0. The van der Waals surface area contributed by atoms with Crippen LogP contribution in [0.2, 0.25) is 5.02 Å². The molecule has 0 radical (unpaired) electrons. The number of amides is 2. The molecular formula is C14H19ClN2O2. The van der Waals surface area contributed by atoms with Crippen molar-refractivity contribution in [3.63, 3.8) is 0 Å². The van der Waals surface area contributed by atoms with Crippen molar-refractivity contribution in [2.45, 2.75) is 26.2 Å². The van der Waals surface area contributed by atoms with Crippen LogP contribution in [0, 0.1) is 12.3 Å². The van der Waals surface area contributed by atoms with Crippen molar-refractivity contribution < 1.29 is 9.90 Å². The van der Waals surface area contributed by atoms with E-state index >= 15 is 0 Å². The minimum Gasteiger partial charge on any atom is -0.396 e. The Kier molecular flexibility index (Phi) is 4.32. The standard InChI is InChI=1S/C14H19ClN2O2/c1-10-2-3-11(8-12(10)15)17-13(19)16-9-14(4-5-14)6-7-18/h2-3,8,18H,4-7,9H2,1H3,(H2,16,17,19). The summed E-state index contributed by atoms with van der Waals surface area (Å²) in [6.45, 7) is 2.70. The number of halogens is 1. The van der Waals surface area contributed by atoms with Gasteiger partial charge < -0.3 is 15.7 Å². The van der Waals surface area contributed by atoms with E-state index in [1.807, 2.05) is 19.1 Å². The Morgan fingerprint density at radius 3 is 2.79 bits per heavy atom. The van der Waals surface area contributed by atoms with Crippen LogP contribution >= 0.6 is 11.6 Å². The van der Waals surface area contributed by atoms with Gasteiger partial charge in [0.2, 0.25) is 0 Å². The maximum atomic E-state index is 11.8. The zero-order valence-corrected chi connectivity index (χ0v) is 11.8. The highest BCUT2D eigenvalue weighted by Gasteiger charge is 2.41. The molecule has 2 amide bonds. The zero-order chi connectivity index (χ0) is 13.9. The molecule has 5 heteroatoms. The van der Waals surface area contributed by atoms with E-state index in [0.717, 1.165) is 24.8 Å². The number of aryl methyl sites for hydroxylation is 1. The first kappa shape index (κ1) is 14.2. The van der Waals surface area contributed by atoms with Gasteiger partial charge in [0, 0.05) is 23.9 Å². The van der Waals surface area contributed by atoms with Gasteiger partial charge in [-0.05, 0) is 49.3 Å². The number of carbonyl (C=O) groups excluding carboxylic acids is 1. The van der Waals surface area contributed by atoms with Crippen molar-refractivity contribution in [3.05, 3.63) is 28.8 Å². The Hall–Kier alpha value is -1.26. The molecule has 1 aromatic rings. The van der Waals surface area contributed by atoms with Crippen LogP contribution in [0.5, 0.6) is 0 Å². The van der Waals surface area contributed by atoms with E-state index < -0.39 is 0 Å². The molecule has 0 atom stereocenters. The minimum absolute atomic E-state index is 0.122. The molecule has 4 nitrogen and oxygen atoms in total. The Balaban J connectivity index is 1.82. The third-order valence-corrected chi connectivity index (χ3v) is 4.06. The number of hydrogen-bond donors (Lipinski definition) is 3. The molecule has 1 saturated carbocycles. The van der Waals surface area contributed by atoms with Crippen LogP contribution < -0.4 is 10.6 Å². The SMILES string of the molecule is Cc1ccc(NC(=O)NCC2(CCO)CC2)cc1Cl. The van der Waals surface area contributed by atoms with Gasteiger partial charge in [0.15, 0.2) is 0 Å². The lowest BCUT2D eigenvalue weighted by molar-refractivity contribution is 0.234. The minimum atomic E-state index is -0.232. The summed E-state index contributed by atoms with van der Waals surface area (Å²) in [5.41, 5.74) is 1.78. The summed E-state index contributed by atoms with van der Waals surface area (Å²) in [6, 6.07) is 5.19. The van der Waals surface area contributed by atoms with Crippen molar-refractivity contribution in [2.24, 2.45) is 5.41 Å². The molecule has 1 aliphatic rings. The van der Waals surface area contributed by atoms with E-state index in [0.29, 0.717) is 17.3 Å². The highest BCUT2D eigenvalue weighted by molar-refractivity contribution is 6.31. The summed E-state index contributed by atoms with van der Waals surface area (Å²) in [5, 5.41) is 15.2. The van der Waals surface area contributed by atoms with Gasteiger partial charge in [-0.2, -0.15) is 0 Å². The Morgan fingerprint density at radius 2 is 2.21 bits per heavy atom. The highest BCUT2D eigenvalue weighted by atomic mass is 35.5. The van der Waals surface area contributed by atoms with E-state index in [2.05, 4.69) is 10.6 Å². The van der Waals surface area contributed by atoms with Gasteiger partial charge in [-0.15, -0.1) is 0 Å². The van der Waals surface area contributed by atoms with Crippen molar-refractivity contribution >= 4 is 23.3 Å². The lowest BCUT2D eigenvalue weighted by atomic mass is 10.0. The summed E-state index contributed by atoms with van der Waals surface area (Å²) in [5.74, 6) is 0. The second kappa shape index (κ2) is 5.80. The number of benzene rings is 1.